The van der Waals surface area contributed by atoms with Gasteiger partial charge >= 0.3 is 5.97 Å². The standard InChI is InChI=1S/C16H23NO3/c1-9-2-6-12(7-3-9)17-15(18)13-10-4-5-11(8-10)14(13)16(19)20/h4-5,9-14H,2-3,6-8H2,1H3,(H,17,18)(H,19,20)/t9?,10?,11?,12?,13-,14+/m0/s1. The number of allylic oxidation sites excluding steroid dienone is 2. The van der Waals surface area contributed by atoms with Crippen LogP contribution in [0.5, 0.6) is 0 Å². The molecule has 0 spiro atoms. The summed E-state index contributed by atoms with van der Waals surface area (Å²) in [5, 5.41) is 12.5. The molecule has 4 nitrogen and oxygen atoms in total. The average molecular weight is 277 g/mol. The first-order valence-corrected chi connectivity index (χ1v) is 7.77. The topological polar surface area (TPSA) is 66.4 Å². The maximum Gasteiger partial charge on any atom is 0.307 e. The summed E-state index contributed by atoms with van der Waals surface area (Å²) in [5.41, 5.74) is 0. The van der Waals surface area contributed by atoms with E-state index < -0.39 is 11.9 Å². The number of carboxylic acid groups (broad SMARTS) is 1. The Labute approximate surface area is 119 Å². The predicted molar refractivity (Wildman–Crippen MR) is 74.9 cm³/mol. The van der Waals surface area contributed by atoms with Crippen LogP contribution >= 0.6 is 0 Å². The van der Waals surface area contributed by atoms with Crippen molar-refractivity contribution in [2.24, 2.45) is 29.6 Å². The third-order valence-corrected chi connectivity index (χ3v) is 5.41. The number of carboxylic acids is 1. The minimum Gasteiger partial charge on any atom is -0.481 e. The molecule has 2 fully saturated rings. The van der Waals surface area contributed by atoms with E-state index in [0.717, 1.165) is 38.0 Å². The van der Waals surface area contributed by atoms with Gasteiger partial charge in [0.1, 0.15) is 0 Å². The number of hydrogen-bond donors (Lipinski definition) is 2. The Bertz CT molecular complexity index is 437. The minimum absolute atomic E-state index is 0.0335. The van der Waals surface area contributed by atoms with Gasteiger partial charge in [0, 0.05) is 6.04 Å². The summed E-state index contributed by atoms with van der Waals surface area (Å²) in [6.45, 7) is 2.25. The van der Waals surface area contributed by atoms with Gasteiger partial charge in [-0.15, -0.1) is 0 Å². The number of carbonyl (C=O) groups is 2. The molecule has 3 aliphatic carbocycles. The highest BCUT2D eigenvalue weighted by atomic mass is 16.4. The van der Waals surface area contributed by atoms with E-state index in [-0.39, 0.29) is 29.7 Å². The monoisotopic (exact) mass is 277 g/mol. The third kappa shape index (κ3) is 2.36. The van der Waals surface area contributed by atoms with Crippen molar-refractivity contribution in [1.29, 1.82) is 0 Å². The Morgan fingerprint density at radius 1 is 1.05 bits per heavy atom. The molecule has 3 aliphatic rings. The van der Waals surface area contributed by atoms with Gasteiger partial charge in [0.25, 0.3) is 0 Å². The maximum absolute atomic E-state index is 12.5. The number of fused-ring (bicyclic) bond motifs is 2. The van der Waals surface area contributed by atoms with Gasteiger partial charge < -0.3 is 10.4 Å². The summed E-state index contributed by atoms with van der Waals surface area (Å²) in [5.74, 6) is -0.800. The quantitative estimate of drug-likeness (QED) is 0.777. The molecule has 2 saturated carbocycles. The first-order chi connectivity index (χ1) is 9.56. The molecule has 4 heteroatoms. The number of carbonyl (C=O) groups excluding carboxylic acids is 1. The molecule has 0 saturated heterocycles. The second kappa shape index (κ2) is 5.23. The fourth-order valence-electron chi connectivity index (χ4n) is 4.22. The van der Waals surface area contributed by atoms with E-state index in [9.17, 15) is 14.7 Å². The lowest BCUT2D eigenvalue weighted by molar-refractivity contribution is -0.148. The Kier molecular flexibility index (Phi) is 3.57. The molecule has 0 aromatic carbocycles. The molecule has 3 rings (SSSR count). The van der Waals surface area contributed by atoms with Crippen LogP contribution in [0.15, 0.2) is 12.2 Å². The Morgan fingerprint density at radius 3 is 2.25 bits per heavy atom. The second-order valence-electron chi connectivity index (χ2n) is 6.80. The fourth-order valence-corrected chi connectivity index (χ4v) is 4.22. The molecule has 0 aromatic rings. The van der Waals surface area contributed by atoms with Crippen LogP contribution in [0.2, 0.25) is 0 Å². The van der Waals surface area contributed by atoms with Gasteiger partial charge in [-0.1, -0.05) is 19.1 Å². The molecule has 110 valence electrons. The zero-order valence-corrected chi connectivity index (χ0v) is 11.9. The summed E-state index contributed by atoms with van der Waals surface area (Å²) >= 11 is 0. The van der Waals surface area contributed by atoms with Crippen LogP contribution in [0.1, 0.15) is 39.0 Å². The highest BCUT2D eigenvalue weighted by Crippen LogP contribution is 2.48. The van der Waals surface area contributed by atoms with E-state index in [4.69, 9.17) is 0 Å². The zero-order chi connectivity index (χ0) is 14.3. The average Bonchev–Trinajstić information content (AvgIpc) is 3.01. The van der Waals surface area contributed by atoms with Gasteiger partial charge in [0.2, 0.25) is 5.91 Å². The zero-order valence-electron chi connectivity index (χ0n) is 11.9. The molecule has 1 amide bonds. The molecule has 2 N–H and O–H groups in total. The Morgan fingerprint density at radius 2 is 1.65 bits per heavy atom. The number of aliphatic carboxylic acids is 1. The molecular weight excluding hydrogens is 254 g/mol. The number of amides is 1. The van der Waals surface area contributed by atoms with Crippen molar-refractivity contribution in [2.45, 2.75) is 45.1 Å². The van der Waals surface area contributed by atoms with Crippen LogP contribution in [0.3, 0.4) is 0 Å². The van der Waals surface area contributed by atoms with Gasteiger partial charge in [-0.3, -0.25) is 9.59 Å². The van der Waals surface area contributed by atoms with Crippen molar-refractivity contribution < 1.29 is 14.7 Å². The first kappa shape index (κ1) is 13.7. The highest BCUT2D eigenvalue weighted by molar-refractivity contribution is 5.87. The predicted octanol–water partition coefficient (Wildman–Crippen LogP) is 2.20. The number of nitrogens with one attached hydrogen (secondary N) is 1. The molecule has 0 aliphatic heterocycles. The van der Waals surface area contributed by atoms with Crippen molar-refractivity contribution in [3.63, 3.8) is 0 Å². The maximum atomic E-state index is 12.5. The lowest BCUT2D eigenvalue weighted by Gasteiger charge is -2.30. The van der Waals surface area contributed by atoms with Crippen molar-refractivity contribution in [2.75, 3.05) is 0 Å². The van der Waals surface area contributed by atoms with E-state index >= 15 is 0 Å². The first-order valence-electron chi connectivity index (χ1n) is 7.77. The summed E-state index contributed by atoms with van der Waals surface area (Å²) in [6, 6.07) is 0.247. The molecule has 2 unspecified atom stereocenters. The fraction of sp³-hybridized carbons (Fsp3) is 0.750. The molecule has 0 aromatic heterocycles. The smallest absolute Gasteiger partial charge is 0.307 e. The van der Waals surface area contributed by atoms with E-state index in [1.54, 1.807) is 0 Å². The lowest BCUT2D eigenvalue weighted by Crippen LogP contribution is -2.45. The van der Waals surface area contributed by atoms with E-state index in [0.29, 0.717) is 0 Å². The molecular formula is C16H23NO3. The number of rotatable bonds is 3. The van der Waals surface area contributed by atoms with Gasteiger partial charge in [0.05, 0.1) is 11.8 Å². The van der Waals surface area contributed by atoms with Crippen LogP contribution < -0.4 is 5.32 Å². The van der Waals surface area contributed by atoms with Crippen molar-refractivity contribution in [3.05, 3.63) is 12.2 Å². The second-order valence-corrected chi connectivity index (χ2v) is 6.80. The van der Waals surface area contributed by atoms with Gasteiger partial charge in [-0.25, -0.2) is 0 Å². The normalized spacial score (nSPS) is 42.6. The molecule has 2 bridgehead atoms. The van der Waals surface area contributed by atoms with Crippen LogP contribution in [-0.2, 0) is 9.59 Å². The molecule has 0 heterocycles. The van der Waals surface area contributed by atoms with Crippen molar-refractivity contribution in [3.8, 4) is 0 Å². The third-order valence-electron chi connectivity index (χ3n) is 5.41. The van der Waals surface area contributed by atoms with E-state index in [1.165, 1.54) is 0 Å². The van der Waals surface area contributed by atoms with E-state index in [2.05, 4.69) is 12.2 Å². The van der Waals surface area contributed by atoms with Gasteiger partial charge in [0.15, 0.2) is 0 Å². The van der Waals surface area contributed by atoms with Crippen molar-refractivity contribution >= 4 is 11.9 Å². The summed E-state index contributed by atoms with van der Waals surface area (Å²) in [6.07, 6.45) is 9.22. The SMILES string of the molecule is CC1CCC(NC(=O)[C@H]2C3C=CC(C3)[C@H]2C(=O)O)CC1. The van der Waals surface area contributed by atoms with E-state index in [1.807, 2.05) is 12.2 Å². The summed E-state index contributed by atoms with van der Waals surface area (Å²) in [4.78, 5) is 23.9. The van der Waals surface area contributed by atoms with Gasteiger partial charge in [-0.2, -0.15) is 0 Å². The Hall–Kier alpha value is -1.32. The molecule has 0 radical (unpaired) electrons. The van der Waals surface area contributed by atoms with Crippen LogP contribution in [-0.4, -0.2) is 23.0 Å². The summed E-state index contributed by atoms with van der Waals surface area (Å²) < 4.78 is 0. The highest BCUT2D eigenvalue weighted by Gasteiger charge is 2.51. The van der Waals surface area contributed by atoms with Crippen LogP contribution in [0.4, 0.5) is 0 Å². The lowest BCUT2D eigenvalue weighted by atomic mass is 9.81. The van der Waals surface area contributed by atoms with Crippen LogP contribution in [0, 0.1) is 29.6 Å². The van der Waals surface area contributed by atoms with Crippen LogP contribution in [0.25, 0.3) is 0 Å². The largest absolute Gasteiger partial charge is 0.481 e. The summed E-state index contributed by atoms with van der Waals surface area (Å²) in [7, 11) is 0. The number of hydrogen-bond acceptors (Lipinski definition) is 2. The minimum atomic E-state index is -0.820. The van der Waals surface area contributed by atoms with Crippen molar-refractivity contribution in [1.82, 2.24) is 5.32 Å². The van der Waals surface area contributed by atoms with Gasteiger partial charge in [-0.05, 0) is 49.9 Å². The Balaban J connectivity index is 1.64. The molecule has 4 atom stereocenters. The molecule has 20 heavy (non-hydrogen) atoms.